The van der Waals surface area contributed by atoms with E-state index < -0.39 is 5.97 Å². The van der Waals surface area contributed by atoms with Crippen LogP contribution in [0.4, 0.5) is 5.69 Å². The van der Waals surface area contributed by atoms with Crippen LogP contribution in [0.3, 0.4) is 0 Å². The molecule has 2 rings (SSSR count). The summed E-state index contributed by atoms with van der Waals surface area (Å²) in [6, 6.07) is 12.0. The van der Waals surface area contributed by atoms with Gasteiger partial charge in [0.15, 0.2) is 6.61 Å². The van der Waals surface area contributed by atoms with Crippen LogP contribution in [-0.2, 0) is 20.7 Å². The van der Waals surface area contributed by atoms with Gasteiger partial charge in [-0.25, -0.2) is 0 Å². The van der Waals surface area contributed by atoms with E-state index in [1.807, 2.05) is 64.1 Å². The molecule has 0 aliphatic carbocycles. The molecule has 26 heavy (non-hydrogen) atoms. The van der Waals surface area contributed by atoms with Gasteiger partial charge in [0.05, 0.1) is 5.75 Å². The largest absolute Gasteiger partial charge is 0.455 e. The number of aryl methyl sites for hydroxylation is 4. The fourth-order valence-corrected chi connectivity index (χ4v) is 3.49. The van der Waals surface area contributed by atoms with Gasteiger partial charge in [0.2, 0.25) is 0 Å². The van der Waals surface area contributed by atoms with Crippen molar-refractivity contribution in [2.45, 2.75) is 39.0 Å². The van der Waals surface area contributed by atoms with Crippen LogP contribution in [0.2, 0.25) is 0 Å². The van der Waals surface area contributed by atoms with Crippen LogP contribution in [0.1, 0.15) is 29.2 Å². The number of amides is 1. The highest BCUT2D eigenvalue weighted by Crippen LogP contribution is 2.24. The number of esters is 1. The number of ether oxygens (including phenoxy) is 1. The molecule has 0 radical (unpaired) electrons. The lowest BCUT2D eigenvalue weighted by atomic mass is 10.1. The maximum Gasteiger partial charge on any atom is 0.316 e. The molecule has 2 aromatic rings. The highest BCUT2D eigenvalue weighted by atomic mass is 32.2. The summed E-state index contributed by atoms with van der Waals surface area (Å²) in [6.45, 7) is 7.73. The maximum atomic E-state index is 12.1. The Kier molecular flexibility index (Phi) is 7.27. The number of anilines is 1. The number of rotatable bonds is 7. The van der Waals surface area contributed by atoms with Gasteiger partial charge in [-0.1, -0.05) is 42.8 Å². The van der Waals surface area contributed by atoms with Crippen LogP contribution in [0, 0.1) is 20.8 Å². The molecular formula is C21H25NO3S. The third-order valence-electron chi connectivity index (χ3n) is 4.06. The number of thioether (sulfide) groups is 1. The normalized spacial score (nSPS) is 10.5. The van der Waals surface area contributed by atoms with Crippen molar-refractivity contribution in [3.63, 3.8) is 0 Å². The standard InChI is InChI=1S/C21H25NO3S/c1-5-17-8-6-7-16(4)21(17)22-19(23)12-25-20(24)13-26-18-11-14(2)9-10-15(18)3/h6-11H,5,12-13H2,1-4H3,(H,22,23). The average Bonchev–Trinajstić information content (AvgIpc) is 2.62. The second-order valence-electron chi connectivity index (χ2n) is 6.23. The molecule has 0 saturated heterocycles. The lowest BCUT2D eigenvalue weighted by Gasteiger charge is -2.13. The molecule has 0 atom stereocenters. The third-order valence-corrected chi connectivity index (χ3v) is 5.19. The lowest BCUT2D eigenvalue weighted by molar-refractivity contribution is -0.144. The van der Waals surface area contributed by atoms with Crippen molar-refractivity contribution in [3.8, 4) is 0 Å². The zero-order valence-corrected chi connectivity index (χ0v) is 16.5. The van der Waals surface area contributed by atoms with Crippen LogP contribution in [0.15, 0.2) is 41.3 Å². The number of nitrogens with one attached hydrogen (secondary N) is 1. The first-order valence-electron chi connectivity index (χ1n) is 8.64. The van der Waals surface area contributed by atoms with Gasteiger partial charge in [0.25, 0.3) is 5.91 Å². The Morgan fingerprint density at radius 2 is 1.85 bits per heavy atom. The molecule has 0 heterocycles. The Morgan fingerprint density at radius 1 is 1.08 bits per heavy atom. The minimum atomic E-state index is -0.397. The zero-order chi connectivity index (χ0) is 19.1. The van der Waals surface area contributed by atoms with Gasteiger partial charge < -0.3 is 10.1 Å². The van der Waals surface area contributed by atoms with Crippen molar-refractivity contribution < 1.29 is 14.3 Å². The molecule has 0 bridgehead atoms. The number of benzene rings is 2. The molecule has 0 spiro atoms. The summed E-state index contributed by atoms with van der Waals surface area (Å²) < 4.78 is 5.11. The van der Waals surface area contributed by atoms with E-state index in [1.54, 1.807) is 0 Å². The van der Waals surface area contributed by atoms with Crippen molar-refractivity contribution in [1.29, 1.82) is 0 Å². The van der Waals surface area contributed by atoms with Gasteiger partial charge in [-0.2, -0.15) is 0 Å². The highest BCUT2D eigenvalue weighted by molar-refractivity contribution is 8.00. The minimum Gasteiger partial charge on any atom is -0.455 e. The molecule has 138 valence electrons. The number of carbonyl (C=O) groups is 2. The van der Waals surface area contributed by atoms with E-state index in [4.69, 9.17) is 4.74 Å². The topological polar surface area (TPSA) is 55.4 Å². The molecular weight excluding hydrogens is 346 g/mol. The molecule has 1 N–H and O–H groups in total. The molecule has 0 fully saturated rings. The quantitative estimate of drug-likeness (QED) is 0.577. The van der Waals surface area contributed by atoms with Crippen molar-refractivity contribution in [3.05, 3.63) is 58.7 Å². The predicted molar refractivity (Wildman–Crippen MR) is 107 cm³/mol. The molecule has 0 saturated carbocycles. The monoisotopic (exact) mass is 371 g/mol. The van der Waals surface area contributed by atoms with Gasteiger partial charge in [0.1, 0.15) is 0 Å². The first-order valence-corrected chi connectivity index (χ1v) is 9.63. The first kappa shape index (κ1) is 20.0. The predicted octanol–water partition coefficient (Wildman–Crippen LogP) is 4.45. The Hall–Kier alpha value is -2.27. The number of para-hydroxylation sites is 1. The Balaban J connectivity index is 1.84. The van der Waals surface area contributed by atoms with Crippen LogP contribution in [-0.4, -0.2) is 24.2 Å². The van der Waals surface area contributed by atoms with Crippen molar-refractivity contribution in [2.75, 3.05) is 17.7 Å². The first-order chi connectivity index (χ1) is 12.4. The van der Waals surface area contributed by atoms with Crippen LogP contribution >= 0.6 is 11.8 Å². The number of carbonyl (C=O) groups excluding carboxylic acids is 2. The highest BCUT2D eigenvalue weighted by Gasteiger charge is 2.12. The van der Waals surface area contributed by atoms with Crippen LogP contribution in [0.25, 0.3) is 0 Å². The molecule has 2 aromatic carbocycles. The van der Waals surface area contributed by atoms with E-state index in [0.29, 0.717) is 0 Å². The Labute approximate surface area is 159 Å². The zero-order valence-electron chi connectivity index (χ0n) is 15.7. The SMILES string of the molecule is CCc1cccc(C)c1NC(=O)COC(=O)CSc1cc(C)ccc1C. The summed E-state index contributed by atoms with van der Waals surface area (Å²) in [5, 5.41) is 2.85. The van der Waals surface area contributed by atoms with Gasteiger partial charge in [-0.05, 0) is 49.9 Å². The third kappa shape index (κ3) is 5.63. The Bertz CT molecular complexity index is 802. The summed E-state index contributed by atoms with van der Waals surface area (Å²) in [7, 11) is 0. The van der Waals surface area contributed by atoms with Gasteiger partial charge in [-0.15, -0.1) is 11.8 Å². The fraction of sp³-hybridized carbons (Fsp3) is 0.333. The summed E-state index contributed by atoms with van der Waals surface area (Å²) in [4.78, 5) is 25.1. The van der Waals surface area contributed by atoms with Crippen LogP contribution < -0.4 is 5.32 Å². The average molecular weight is 372 g/mol. The summed E-state index contributed by atoms with van der Waals surface area (Å²) in [5.41, 5.74) is 5.14. The molecule has 0 unspecified atom stereocenters. The molecule has 1 amide bonds. The maximum absolute atomic E-state index is 12.1. The lowest BCUT2D eigenvalue weighted by Crippen LogP contribution is -2.22. The van der Waals surface area contributed by atoms with Crippen molar-refractivity contribution in [2.24, 2.45) is 0 Å². The fourth-order valence-electron chi connectivity index (χ4n) is 2.56. The van der Waals surface area contributed by atoms with Crippen LogP contribution in [0.5, 0.6) is 0 Å². The summed E-state index contributed by atoms with van der Waals surface area (Å²) in [6.07, 6.45) is 0.823. The second-order valence-corrected chi connectivity index (χ2v) is 7.25. The number of hydrogen-bond acceptors (Lipinski definition) is 4. The van der Waals surface area contributed by atoms with Gasteiger partial charge in [0, 0.05) is 10.6 Å². The molecule has 0 aliphatic rings. The van der Waals surface area contributed by atoms with E-state index >= 15 is 0 Å². The smallest absolute Gasteiger partial charge is 0.316 e. The summed E-state index contributed by atoms with van der Waals surface area (Å²) in [5.74, 6) is -0.534. The molecule has 5 heteroatoms. The van der Waals surface area contributed by atoms with E-state index in [1.165, 1.54) is 11.8 Å². The van der Waals surface area contributed by atoms with Crippen molar-refractivity contribution in [1.82, 2.24) is 0 Å². The molecule has 0 aromatic heterocycles. The van der Waals surface area contributed by atoms with Crippen molar-refractivity contribution >= 4 is 29.3 Å². The van der Waals surface area contributed by atoms with E-state index in [-0.39, 0.29) is 18.3 Å². The number of hydrogen-bond donors (Lipinski definition) is 1. The van der Waals surface area contributed by atoms with E-state index in [2.05, 4.69) is 5.32 Å². The minimum absolute atomic E-state index is 0.183. The molecule has 0 aliphatic heterocycles. The van der Waals surface area contributed by atoms with Gasteiger partial charge in [-0.3, -0.25) is 9.59 Å². The second kappa shape index (κ2) is 9.43. The summed E-state index contributed by atoms with van der Waals surface area (Å²) >= 11 is 1.43. The Morgan fingerprint density at radius 3 is 2.58 bits per heavy atom. The van der Waals surface area contributed by atoms with E-state index in [0.717, 1.165) is 39.3 Å². The van der Waals surface area contributed by atoms with E-state index in [9.17, 15) is 9.59 Å². The molecule has 4 nitrogen and oxygen atoms in total. The van der Waals surface area contributed by atoms with Gasteiger partial charge >= 0.3 is 5.97 Å².